The molecular weight excluding hydrogens is 252 g/mol. The molecule has 2 atom stereocenters. The summed E-state index contributed by atoms with van der Waals surface area (Å²) in [5, 5.41) is 3.93. The third-order valence-electron chi connectivity index (χ3n) is 4.35. The molecule has 104 valence electrons. The van der Waals surface area contributed by atoms with E-state index in [0.717, 1.165) is 0 Å². The van der Waals surface area contributed by atoms with Gasteiger partial charge in [-0.1, -0.05) is 18.2 Å². The summed E-state index contributed by atoms with van der Waals surface area (Å²) in [6.07, 6.45) is 5.23. The molecule has 0 aliphatic carbocycles. The number of rotatable bonds is 2. The highest BCUT2D eigenvalue weighted by Crippen LogP contribution is 2.36. The Labute approximate surface area is 121 Å². The lowest BCUT2D eigenvalue weighted by atomic mass is 10.0. The van der Waals surface area contributed by atoms with Gasteiger partial charge in [-0.25, -0.2) is 0 Å². The van der Waals surface area contributed by atoms with Gasteiger partial charge in [0, 0.05) is 17.0 Å². The molecule has 0 amide bonds. The van der Waals surface area contributed by atoms with Gasteiger partial charge in [-0.2, -0.15) is 0 Å². The van der Waals surface area contributed by atoms with Gasteiger partial charge in [-0.15, -0.1) is 11.8 Å². The molecule has 1 saturated heterocycles. The second-order valence-electron chi connectivity index (χ2n) is 5.83. The lowest BCUT2D eigenvalue weighted by Crippen LogP contribution is -2.35. The van der Waals surface area contributed by atoms with Crippen LogP contribution in [-0.4, -0.2) is 36.8 Å². The average molecular weight is 276 g/mol. The molecule has 1 fully saturated rings. The maximum absolute atomic E-state index is 3.93. The van der Waals surface area contributed by atoms with E-state index in [9.17, 15) is 0 Å². The summed E-state index contributed by atoms with van der Waals surface area (Å²) < 4.78 is 0. The molecule has 3 heteroatoms. The van der Waals surface area contributed by atoms with Crippen molar-refractivity contribution in [2.75, 3.05) is 25.9 Å². The minimum atomic E-state index is 0.575. The Kier molecular flexibility index (Phi) is 4.46. The standard InChI is InChI=1S/C16H24N2S/c1-18-10-4-5-13(8-11-18)17-15-9-12-19-16-7-3-2-6-14(15)16/h2-3,6-7,13,15,17H,4-5,8-12H2,1H3. The highest BCUT2D eigenvalue weighted by molar-refractivity contribution is 7.99. The normalized spacial score (nSPS) is 28.7. The first kappa shape index (κ1) is 13.5. The first-order chi connectivity index (χ1) is 9.33. The summed E-state index contributed by atoms with van der Waals surface area (Å²) in [5.74, 6) is 1.25. The number of thioether (sulfide) groups is 1. The Bertz CT molecular complexity index is 421. The fraction of sp³-hybridized carbons (Fsp3) is 0.625. The highest BCUT2D eigenvalue weighted by Gasteiger charge is 2.23. The van der Waals surface area contributed by atoms with E-state index in [1.807, 2.05) is 11.8 Å². The van der Waals surface area contributed by atoms with Crippen molar-refractivity contribution in [3.05, 3.63) is 29.8 Å². The Morgan fingerprint density at radius 2 is 2.05 bits per heavy atom. The summed E-state index contributed by atoms with van der Waals surface area (Å²) in [5.41, 5.74) is 1.52. The predicted octanol–water partition coefficient (Wildman–Crippen LogP) is 3.30. The molecule has 0 saturated carbocycles. The Balaban J connectivity index is 1.67. The molecule has 1 aromatic carbocycles. The maximum atomic E-state index is 3.93. The van der Waals surface area contributed by atoms with Gasteiger partial charge in [0.25, 0.3) is 0 Å². The van der Waals surface area contributed by atoms with E-state index in [1.54, 1.807) is 0 Å². The van der Waals surface area contributed by atoms with Crippen LogP contribution in [0, 0.1) is 0 Å². The molecule has 2 nitrogen and oxygen atoms in total. The van der Waals surface area contributed by atoms with E-state index in [-0.39, 0.29) is 0 Å². The van der Waals surface area contributed by atoms with E-state index in [4.69, 9.17) is 0 Å². The number of fused-ring (bicyclic) bond motifs is 1. The van der Waals surface area contributed by atoms with Gasteiger partial charge in [-0.05, 0) is 63.2 Å². The van der Waals surface area contributed by atoms with Crippen LogP contribution in [0.2, 0.25) is 0 Å². The predicted molar refractivity (Wildman–Crippen MR) is 82.8 cm³/mol. The van der Waals surface area contributed by atoms with Crippen LogP contribution in [0.15, 0.2) is 29.2 Å². The molecule has 2 heterocycles. The van der Waals surface area contributed by atoms with Crippen LogP contribution in [0.1, 0.15) is 37.3 Å². The smallest absolute Gasteiger partial charge is 0.0341 e. The summed E-state index contributed by atoms with van der Waals surface area (Å²) in [7, 11) is 2.24. The van der Waals surface area contributed by atoms with Crippen molar-refractivity contribution in [1.82, 2.24) is 10.2 Å². The second-order valence-corrected chi connectivity index (χ2v) is 6.96. The molecule has 0 bridgehead atoms. The lowest BCUT2D eigenvalue weighted by Gasteiger charge is -2.30. The van der Waals surface area contributed by atoms with E-state index < -0.39 is 0 Å². The van der Waals surface area contributed by atoms with Crippen LogP contribution in [0.4, 0.5) is 0 Å². The van der Waals surface area contributed by atoms with Crippen LogP contribution in [-0.2, 0) is 0 Å². The molecule has 0 radical (unpaired) electrons. The molecule has 3 rings (SSSR count). The number of hydrogen-bond donors (Lipinski definition) is 1. The van der Waals surface area contributed by atoms with Gasteiger partial charge >= 0.3 is 0 Å². The van der Waals surface area contributed by atoms with Gasteiger partial charge in [0.15, 0.2) is 0 Å². The summed E-state index contributed by atoms with van der Waals surface area (Å²) >= 11 is 2.01. The topological polar surface area (TPSA) is 15.3 Å². The van der Waals surface area contributed by atoms with Crippen molar-refractivity contribution in [2.45, 2.75) is 42.7 Å². The molecule has 0 aromatic heterocycles. The molecule has 1 N–H and O–H groups in total. The van der Waals surface area contributed by atoms with Crippen molar-refractivity contribution < 1.29 is 0 Å². The van der Waals surface area contributed by atoms with Crippen molar-refractivity contribution in [1.29, 1.82) is 0 Å². The van der Waals surface area contributed by atoms with E-state index in [1.165, 1.54) is 55.0 Å². The third kappa shape index (κ3) is 3.33. The zero-order valence-corrected chi connectivity index (χ0v) is 12.6. The fourth-order valence-electron chi connectivity index (χ4n) is 3.21. The van der Waals surface area contributed by atoms with Crippen LogP contribution in [0.25, 0.3) is 0 Å². The van der Waals surface area contributed by atoms with Gasteiger partial charge in [-0.3, -0.25) is 0 Å². The van der Waals surface area contributed by atoms with Crippen molar-refractivity contribution >= 4 is 11.8 Å². The summed E-state index contributed by atoms with van der Waals surface area (Å²) in [6.45, 7) is 2.50. The molecule has 0 spiro atoms. The molecular formula is C16H24N2S. The molecule has 19 heavy (non-hydrogen) atoms. The largest absolute Gasteiger partial charge is 0.307 e. The number of hydrogen-bond acceptors (Lipinski definition) is 3. The first-order valence-electron chi connectivity index (χ1n) is 7.49. The van der Waals surface area contributed by atoms with Crippen LogP contribution >= 0.6 is 11.8 Å². The van der Waals surface area contributed by atoms with Crippen LogP contribution in [0.5, 0.6) is 0 Å². The van der Waals surface area contributed by atoms with Gasteiger partial charge < -0.3 is 10.2 Å². The molecule has 2 aliphatic rings. The fourth-order valence-corrected chi connectivity index (χ4v) is 4.33. The van der Waals surface area contributed by atoms with E-state index >= 15 is 0 Å². The van der Waals surface area contributed by atoms with Crippen molar-refractivity contribution in [3.8, 4) is 0 Å². The monoisotopic (exact) mass is 276 g/mol. The SMILES string of the molecule is CN1CCCC(NC2CCSc3ccccc32)CC1. The molecule has 2 unspecified atom stereocenters. The molecule has 1 aromatic rings. The van der Waals surface area contributed by atoms with Crippen molar-refractivity contribution in [2.24, 2.45) is 0 Å². The highest BCUT2D eigenvalue weighted by atomic mass is 32.2. The first-order valence-corrected chi connectivity index (χ1v) is 8.48. The molecule has 2 aliphatic heterocycles. The number of benzene rings is 1. The number of likely N-dealkylation sites (tertiary alicyclic amines) is 1. The Morgan fingerprint density at radius 1 is 1.16 bits per heavy atom. The van der Waals surface area contributed by atoms with Gasteiger partial charge in [0.05, 0.1) is 0 Å². The quantitative estimate of drug-likeness (QED) is 0.892. The Hall–Kier alpha value is -0.510. The minimum absolute atomic E-state index is 0.575. The summed E-state index contributed by atoms with van der Waals surface area (Å²) in [4.78, 5) is 3.95. The minimum Gasteiger partial charge on any atom is -0.307 e. The maximum Gasteiger partial charge on any atom is 0.0341 e. The van der Waals surface area contributed by atoms with Gasteiger partial charge in [0.1, 0.15) is 0 Å². The van der Waals surface area contributed by atoms with E-state index in [0.29, 0.717) is 12.1 Å². The lowest BCUT2D eigenvalue weighted by molar-refractivity contribution is 0.337. The summed E-state index contributed by atoms with van der Waals surface area (Å²) in [6, 6.07) is 10.2. The van der Waals surface area contributed by atoms with Crippen LogP contribution < -0.4 is 5.32 Å². The van der Waals surface area contributed by atoms with Crippen molar-refractivity contribution in [3.63, 3.8) is 0 Å². The second kappa shape index (κ2) is 6.29. The zero-order chi connectivity index (χ0) is 13.1. The zero-order valence-electron chi connectivity index (χ0n) is 11.8. The van der Waals surface area contributed by atoms with Gasteiger partial charge in [0.2, 0.25) is 0 Å². The van der Waals surface area contributed by atoms with E-state index in [2.05, 4.69) is 41.5 Å². The Morgan fingerprint density at radius 3 is 3.00 bits per heavy atom. The average Bonchev–Trinajstić information content (AvgIpc) is 2.64. The number of nitrogens with one attached hydrogen (secondary N) is 1. The third-order valence-corrected chi connectivity index (χ3v) is 5.47. The number of nitrogens with zero attached hydrogens (tertiary/aromatic N) is 1. The van der Waals surface area contributed by atoms with Crippen LogP contribution in [0.3, 0.4) is 0 Å².